The molecule has 0 bridgehead atoms. The van der Waals surface area contributed by atoms with Gasteiger partial charge in [0.25, 0.3) is 0 Å². The molecule has 70 valence electrons. The molecule has 2 rings (SSSR count). The summed E-state index contributed by atoms with van der Waals surface area (Å²) in [5, 5.41) is 0. The molecule has 0 aromatic heterocycles. The Labute approximate surface area is 80.3 Å². The van der Waals surface area contributed by atoms with E-state index in [0.717, 1.165) is 5.56 Å². The van der Waals surface area contributed by atoms with Gasteiger partial charge in [-0.3, -0.25) is 0 Å². The average Bonchev–Trinajstić information content (AvgIpc) is 2.56. The van der Waals surface area contributed by atoms with Crippen LogP contribution in [0, 0.1) is 5.82 Å². The van der Waals surface area contributed by atoms with Crippen LogP contribution in [0.5, 0.6) is 0 Å². The average molecular weight is 190 g/mol. The molecule has 1 aliphatic heterocycles. The number of hydrogen-bond donors (Lipinski definition) is 0. The molecular weight excluding hydrogens is 183 g/mol. The number of halogens is 1. The van der Waals surface area contributed by atoms with Crippen LogP contribution in [-0.4, -0.2) is 5.97 Å². The van der Waals surface area contributed by atoms with Crippen molar-refractivity contribution in [1.29, 1.82) is 0 Å². The van der Waals surface area contributed by atoms with Crippen LogP contribution in [0.1, 0.15) is 5.56 Å². The van der Waals surface area contributed by atoms with Crippen molar-refractivity contribution in [3.05, 3.63) is 53.6 Å². The van der Waals surface area contributed by atoms with Gasteiger partial charge in [-0.1, -0.05) is 12.1 Å². The van der Waals surface area contributed by atoms with Gasteiger partial charge in [0.1, 0.15) is 11.6 Å². The Kier molecular flexibility index (Phi) is 2.14. The number of cyclic esters (lactones) is 1. The van der Waals surface area contributed by atoms with Crippen LogP contribution in [-0.2, 0) is 9.53 Å². The standard InChI is InChI=1S/C11H7FO2/c12-9-3-1-8(2-4-9)7-10-5-6-11(13)14-10/h1-7H/b10-7-. The summed E-state index contributed by atoms with van der Waals surface area (Å²) in [4.78, 5) is 10.7. The van der Waals surface area contributed by atoms with E-state index >= 15 is 0 Å². The van der Waals surface area contributed by atoms with Crippen molar-refractivity contribution in [1.82, 2.24) is 0 Å². The van der Waals surface area contributed by atoms with E-state index in [1.807, 2.05) is 0 Å². The molecule has 14 heavy (non-hydrogen) atoms. The van der Waals surface area contributed by atoms with E-state index in [0.29, 0.717) is 5.76 Å². The number of benzene rings is 1. The molecule has 0 spiro atoms. The number of esters is 1. The minimum Gasteiger partial charge on any atom is -0.423 e. The Hall–Kier alpha value is -1.90. The van der Waals surface area contributed by atoms with Crippen LogP contribution < -0.4 is 0 Å². The largest absolute Gasteiger partial charge is 0.423 e. The predicted molar refractivity (Wildman–Crippen MR) is 49.6 cm³/mol. The van der Waals surface area contributed by atoms with E-state index in [-0.39, 0.29) is 11.8 Å². The molecule has 0 atom stereocenters. The Bertz CT molecular complexity index is 415. The van der Waals surface area contributed by atoms with Gasteiger partial charge in [-0.2, -0.15) is 0 Å². The van der Waals surface area contributed by atoms with Gasteiger partial charge in [-0.15, -0.1) is 0 Å². The number of allylic oxidation sites excluding steroid dienone is 1. The van der Waals surface area contributed by atoms with Gasteiger partial charge >= 0.3 is 5.97 Å². The first kappa shape index (κ1) is 8.69. The highest BCUT2D eigenvalue weighted by Gasteiger charge is 2.08. The van der Waals surface area contributed by atoms with Crippen LogP contribution >= 0.6 is 0 Å². The number of ether oxygens (including phenoxy) is 1. The smallest absolute Gasteiger partial charge is 0.336 e. The van der Waals surface area contributed by atoms with Crippen molar-refractivity contribution in [2.24, 2.45) is 0 Å². The molecule has 0 saturated carbocycles. The molecule has 1 aliphatic rings. The summed E-state index contributed by atoms with van der Waals surface area (Å²) >= 11 is 0. The molecule has 0 unspecified atom stereocenters. The maximum Gasteiger partial charge on any atom is 0.336 e. The lowest BCUT2D eigenvalue weighted by Crippen LogP contribution is -1.89. The third-order valence-corrected chi connectivity index (χ3v) is 1.78. The predicted octanol–water partition coefficient (Wildman–Crippen LogP) is 2.28. The number of rotatable bonds is 1. The van der Waals surface area contributed by atoms with Crippen molar-refractivity contribution in [2.75, 3.05) is 0 Å². The summed E-state index contributed by atoms with van der Waals surface area (Å²) in [6.45, 7) is 0. The fourth-order valence-corrected chi connectivity index (χ4v) is 1.14. The van der Waals surface area contributed by atoms with Crippen LogP contribution in [0.3, 0.4) is 0 Å². The summed E-state index contributed by atoms with van der Waals surface area (Å²) in [6.07, 6.45) is 4.59. The minimum atomic E-state index is -0.377. The zero-order valence-electron chi connectivity index (χ0n) is 7.24. The molecule has 1 aromatic rings. The molecular formula is C11H7FO2. The Balaban J connectivity index is 2.22. The molecule has 0 fully saturated rings. The van der Waals surface area contributed by atoms with Gasteiger partial charge < -0.3 is 4.74 Å². The molecule has 0 amide bonds. The molecule has 1 aromatic carbocycles. The summed E-state index contributed by atoms with van der Waals surface area (Å²) < 4.78 is 17.4. The van der Waals surface area contributed by atoms with Gasteiger partial charge in [-0.05, 0) is 29.8 Å². The molecule has 0 aliphatic carbocycles. The summed E-state index contributed by atoms with van der Waals surface area (Å²) in [6, 6.07) is 5.93. The van der Waals surface area contributed by atoms with Crippen molar-refractivity contribution in [3.63, 3.8) is 0 Å². The lowest BCUT2D eigenvalue weighted by molar-refractivity contribution is -0.132. The van der Waals surface area contributed by atoms with E-state index in [1.165, 1.54) is 18.2 Å². The second-order valence-electron chi connectivity index (χ2n) is 2.85. The first-order valence-corrected chi connectivity index (χ1v) is 4.11. The van der Waals surface area contributed by atoms with Gasteiger partial charge in [-0.25, -0.2) is 9.18 Å². The first-order chi connectivity index (χ1) is 6.74. The lowest BCUT2D eigenvalue weighted by Gasteiger charge is -1.96. The van der Waals surface area contributed by atoms with Crippen molar-refractivity contribution in [2.45, 2.75) is 0 Å². The fraction of sp³-hybridized carbons (Fsp3) is 0. The van der Waals surface area contributed by atoms with E-state index in [1.54, 1.807) is 24.3 Å². The van der Waals surface area contributed by atoms with E-state index < -0.39 is 0 Å². The van der Waals surface area contributed by atoms with Gasteiger partial charge in [0, 0.05) is 6.08 Å². The highest BCUT2D eigenvalue weighted by molar-refractivity contribution is 5.87. The van der Waals surface area contributed by atoms with Gasteiger partial charge in [0.15, 0.2) is 0 Å². The van der Waals surface area contributed by atoms with Crippen molar-refractivity contribution in [3.8, 4) is 0 Å². The third-order valence-electron chi connectivity index (χ3n) is 1.78. The lowest BCUT2D eigenvalue weighted by atomic mass is 10.2. The summed E-state index contributed by atoms with van der Waals surface area (Å²) in [5.41, 5.74) is 0.792. The summed E-state index contributed by atoms with van der Waals surface area (Å²) in [5.74, 6) is -0.189. The van der Waals surface area contributed by atoms with Crippen LogP contribution in [0.15, 0.2) is 42.2 Å². The molecule has 0 radical (unpaired) electrons. The molecule has 0 saturated heterocycles. The Morgan fingerprint density at radius 1 is 1.14 bits per heavy atom. The summed E-state index contributed by atoms with van der Waals surface area (Å²) in [7, 11) is 0. The Morgan fingerprint density at radius 3 is 2.43 bits per heavy atom. The monoisotopic (exact) mass is 190 g/mol. The second-order valence-corrected chi connectivity index (χ2v) is 2.85. The number of carbonyl (C=O) groups is 1. The van der Waals surface area contributed by atoms with Gasteiger partial charge in [0.2, 0.25) is 0 Å². The number of hydrogen-bond acceptors (Lipinski definition) is 2. The number of carbonyl (C=O) groups excluding carboxylic acids is 1. The van der Waals surface area contributed by atoms with Crippen molar-refractivity contribution >= 4 is 12.0 Å². The van der Waals surface area contributed by atoms with Crippen molar-refractivity contribution < 1.29 is 13.9 Å². The van der Waals surface area contributed by atoms with E-state index in [9.17, 15) is 9.18 Å². The maximum absolute atomic E-state index is 12.5. The first-order valence-electron chi connectivity index (χ1n) is 4.11. The highest BCUT2D eigenvalue weighted by atomic mass is 19.1. The quantitative estimate of drug-likeness (QED) is 0.635. The minimum absolute atomic E-state index is 0.286. The van der Waals surface area contributed by atoms with Crippen LogP contribution in [0.2, 0.25) is 0 Å². The van der Waals surface area contributed by atoms with E-state index in [2.05, 4.69) is 0 Å². The SMILES string of the molecule is O=C1C=C/C(=C/c2ccc(F)cc2)O1. The van der Waals surface area contributed by atoms with E-state index in [4.69, 9.17) is 4.74 Å². The fourth-order valence-electron chi connectivity index (χ4n) is 1.14. The molecule has 0 N–H and O–H groups in total. The third kappa shape index (κ3) is 1.88. The maximum atomic E-state index is 12.5. The zero-order chi connectivity index (χ0) is 9.97. The van der Waals surface area contributed by atoms with Gasteiger partial charge in [0.05, 0.1) is 0 Å². The molecule has 3 heteroatoms. The second kappa shape index (κ2) is 3.46. The molecule has 1 heterocycles. The van der Waals surface area contributed by atoms with Crippen LogP contribution in [0.25, 0.3) is 6.08 Å². The molecule has 2 nitrogen and oxygen atoms in total. The van der Waals surface area contributed by atoms with Crippen LogP contribution in [0.4, 0.5) is 4.39 Å². The normalized spacial score (nSPS) is 17.5. The zero-order valence-corrected chi connectivity index (χ0v) is 7.24. The topological polar surface area (TPSA) is 26.3 Å². The highest BCUT2D eigenvalue weighted by Crippen LogP contribution is 2.14. The Morgan fingerprint density at radius 2 is 1.86 bits per heavy atom.